The number of H-pyrrole nitrogens is 1. The van der Waals surface area contributed by atoms with Crippen molar-refractivity contribution in [1.82, 2.24) is 14.9 Å². The lowest BCUT2D eigenvalue weighted by Crippen LogP contribution is -2.43. The van der Waals surface area contributed by atoms with Gasteiger partial charge >= 0.3 is 0 Å². The standard InChI is InChI=1S/C11H20N4O2S2/c1-18-10-5-3-2-4-9(10)15-19(16,17)11-8(6-12)7-13-14-11/h7,9-10,15H,2-6,12H2,1H3,(H,13,14). The molecule has 19 heavy (non-hydrogen) atoms. The summed E-state index contributed by atoms with van der Waals surface area (Å²) in [5.41, 5.74) is 6.04. The van der Waals surface area contributed by atoms with Crippen LogP contribution >= 0.6 is 11.8 Å². The van der Waals surface area contributed by atoms with Gasteiger partial charge in [-0.3, -0.25) is 5.10 Å². The summed E-state index contributed by atoms with van der Waals surface area (Å²) < 4.78 is 27.5. The molecular weight excluding hydrogens is 284 g/mol. The number of sulfonamides is 1. The Balaban J connectivity index is 2.16. The monoisotopic (exact) mass is 304 g/mol. The van der Waals surface area contributed by atoms with Crippen molar-refractivity contribution >= 4 is 21.8 Å². The van der Waals surface area contributed by atoms with Gasteiger partial charge in [0, 0.05) is 23.4 Å². The molecule has 1 aromatic heterocycles. The van der Waals surface area contributed by atoms with Crippen molar-refractivity contribution < 1.29 is 8.42 Å². The zero-order valence-corrected chi connectivity index (χ0v) is 12.6. The molecule has 0 spiro atoms. The van der Waals surface area contributed by atoms with Gasteiger partial charge in [-0.1, -0.05) is 12.8 Å². The number of thioether (sulfide) groups is 1. The van der Waals surface area contributed by atoms with E-state index < -0.39 is 10.0 Å². The van der Waals surface area contributed by atoms with E-state index in [0.29, 0.717) is 10.8 Å². The fraction of sp³-hybridized carbons (Fsp3) is 0.727. The summed E-state index contributed by atoms with van der Waals surface area (Å²) in [5, 5.41) is 6.73. The molecule has 0 radical (unpaired) electrons. The Morgan fingerprint density at radius 3 is 2.95 bits per heavy atom. The minimum absolute atomic E-state index is 0.0114. The third-order valence-electron chi connectivity index (χ3n) is 3.48. The summed E-state index contributed by atoms with van der Waals surface area (Å²) in [6.07, 6.45) is 7.66. The maximum Gasteiger partial charge on any atom is 0.258 e. The molecule has 4 N–H and O–H groups in total. The Hall–Kier alpha value is -0.570. The Bertz CT molecular complexity index is 515. The SMILES string of the molecule is CSC1CCCCC1NS(=O)(=O)c1[nH]ncc1CN. The largest absolute Gasteiger partial charge is 0.326 e. The van der Waals surface area contributed by atoms with E-state index in [2.05, 4.69) is 14.9 Å². The van der Waals surface area contributed by atoms with Crippen molar-refractivity contribution in [3.05, 3.63) is 11.8 Å². The van der Waals surface area contributed by atoms with Crippen LogP contribution in [0.4, 0.5) is 0 Å². The summed E-state index contributed by atoms with van der Waals surface area (Å²) in [6, 6.07) is -0.0114. The second kappa shape index (κ2) is 6.25. The molecule has 8 heteroatoms. The minimum Gasteiger partial charge on any atom is -0.326 e. The Morgan fingerprint density at radius 2 is 2.26 bits per heavy atom. The molecule has 1 aromatic rings. The maximum atomic E-state index is 12.4. The molecule has 0 bridgehead atoms. The van der Waals surface area contributed by atoms with Gasteiger partial charge in [-0.05, 0) is 19.1 Å². The number of nitrogens with two attached hydrogens (primary N) is 1. The first-order chi connectivity index (χ1) is 9.08. The molecule has 0 saturated heterocycles. The highest BCUT2D eigenvalue weighted by atomic mass is 32.2. The Kier molecular flexibility index (Phi) is 4.88. The number of aromatic nitrogens is 2. The third kappa shape index (κ3) is 3.31. The van der Waals surface area contributed by atoms with E-state index in [1.165, 1.54) is 12.6 Å². The highest BCUT2D eigenvalue weighted by molar-refractivity contribution is 7.99. The molecule has 0 aromatic carbocycles. The van der Waals surface area contributed by atoms with Crippen LogP contribution in [0.25, 0.3) is 0 Å². The van der Waals surface area contributed by atoms with E-state index in [1.807, 2.05) is 6.26 Å². The highest BCUT2D eigenvalue weighted by Gasteiger charge is 2.30. The summed E-state index contributed by atoms with van der Waals surface area (Å²) in [4.78, 5) is 0. The van der Waals surface area contributed by atoms with Crippen molar-refractivity contribution in [2.24, 2.45) is 5.73 Å². The lowest BCUT2D eigenvalue weighted by Gasteiger charge is -2.30. The number of rotatable bonds is 5. The van der Waals surface area contributed by atoms with Crippen LogP contribution in [0.1, 0.15) is 31.2 Å². The van der Waals surface area contributed by atoms with Gasteiger partial charge < -0.3 is 5.73 Å². The van der Waals surface area contributed by atoms with Crippen LogP contribution in [0, 0.1) is 0 Å². The second-order valence-electron chi connectivity index (χ2n) is 4.71. The lowest BCUT2D eigenvalue weighted by molar-refractivity contribution is 0.422. The first-order valence-corrected chi connectivity index (χ1v) is 9.13. The molecular formula is C11H20N4O2S2. The predicted molar refractivity (Wildman–Crippen MR) is 76.4 cm³/mol. The van der Waals surface area contributed by atoms with Crippen LogP contribution in [-0.4, -0.2) is 36.2 Å². The topological polar surface area (TPSA) is 101 Å². The number of nitrogens with zero attached hydrogens (tertiary/aromatic N) is 1. The van der Waals surface area contributed by atoms with Crippen molar-refractivity contribution in [2.45, 2.75) is 48.5 Å². The van der Waals surface area contributed by atoms with Gasteiger partial charge in [0.2, 0.25) is 0 Å². The van der Waals surface area contributed by atoms with Crippen LogP contribution in [0.2, 0.25) is 0 Å². The summed E-state index contributed by atoms with van der Waals surface area (Å²) in [6.45, 7) is 0.156. The predicted octanol–water partition coefficient (Wildman–Crippen LogP) is 0.821. The summed E-state index contributed by atoms with van der Waals surface area (Å²) in [7, 11) is -3.56. The van der Waals surface area contributed by atoms with Crippen molar-refractivity contribution in [3.8, 4) is 0 Å². The van der Waals surface area contributed by atoms with Gasteiger partial charge in [0.1, 0.15) is 0 Å². The third-order valence-corrected chi connectivity index (χ3v) is 6.15. The average molecular weight is 304 g/mol. The molecule has 1 saturated carbocycles. The zero-order chi connectivity index (χ0) is 13.9. The molecule has 1 heterocycles. The van der Waals surface area contributed by atoms with Crippen LogP contribution in [-0.2, 0) is 16.6 Å². The van der Waals surface area contributed by atoms with E-state index in [4.69, 9.17) is 5.73 Å². The molecule has 108 valence electrons. The number of nitrogens with one attached hydrogen (secondary N) is 2. The number of hydrogen-bond acceptors (Lipinski definition) is 5. The number of aromatic amines is 1. The minimum atomic E-state index is -3.56. The van der Waals surface area contributed by atoms with Gasteiger partial charge in [0.15, 0.2) is 5.03 Å². The van der Waals surface area contributed by atoms with E-state index in [1.54, 1.807) is 11.8 Å². The molecule has 0 aliphatic heterocycles. The van der Waals surface area contributed by atoms with Crippen LogP contribution in [0.15, 0.2) is 11.2 Å². The van der Waals surface area contributed by atoms with Gasteiger partial charge in [0.05, 0.1) is 6.20 Å². The van der Waals surface area contributed by atoms with Crippen molar-refractivity contribution in [3.63, 3.8) is 0 Å². The van der Waals surface area contributed by atoms with E-state index >= 15 is 0 Å². The zero-order valence-electron chi connectivity index (χ0n) is 10.9. The lowest BCUT2D eigenvalue weighted by atomic mass is 9.96. The summed E-state index contributed by atoms with van der Waals surface area (Å²) in [5.74, 6) is 0. The summed E-state index contributed by atoms with van der Waals surface area (Å²) >= 11 is 1.72. The van der Waals surface area contributed by atoms with Gasteiger partial charge in [0.25, 0.3) is 10.0 Å². The van der Waals surface area contributed by atoms with Gasteiger partial charge in [-0.25, -0.2) is 13.1 Å². The van der Waals surface area contributed by atoms with Crippen molar-refractivity contribution in [2.75, 3.05) is 6.26 Å². The Labute approximate surface area is 118 Å². The molecule has 1 fully saturated rings. The fourth-order valence-corrected chi connectivity index (χ4v) is 4.92. The Morgan fingerprint density at radius 1 is 1.53 bits per heavy atom. The molecule has 2 atom stereocenters. The van der Waals surface area contributed by atoms with Crippen LogP contribution < -0.4 is 10.5 Å². The molecule has 2 unspecified atom stereocenters. The quantitative estimate of drug-likeness (QED) is 0.747. The molecule has 2 rings (SSSR count). The second-order valence-corrected chi connectivity index (χ2v) is 7.44. The normalized spacial score (nSPS) is 24.5. The van der Waals surface area contributed by atoms with Crippen LogP contribution in [0.5, 0.6) is 0 Å². The van der Waals surface area contributed by atoms with Crippen molar-refractivity contribution in [1.29, 1.82) is 0 Å². The average Bonchev–Trinajstić information content (AvgIpc) is 2.88. The smallest absolute Gasteiger partial charge is 0.258 e. The first-order valence-electron chi connectivity index (χ1n) is 6.36. The molecule has 1 aliphatic carbocycles. The first kappa shape index (κ1) is 14.8. The maximum absolute atomic E-state index is 12.4. The molecule has 6 nitrogen and oxygen atoms in total. The van der Waals surface area contributed by atoms with Crippen LogP contribution in [0.3, 0.4) is 0 Å². The highest BCUT2D eigenvalue weighted by Crippen LogP contribution is 2.28. The van der Waals surface area contributed by atoms with Gasteiger partial charge in [-0.15, -0.1) is 0 Å². The van der Waals surface area contributed by atoms with E-state index in [0.717, 1.165) is 19.3 Å². The number of hydrogen-bond donors (Lipinski definition) is 3. The molecule has 0 amide bonds. The van der Waals surface area contributed by atoms with Gasteiger partial charge in [-0.2, -0.15) is 16.9 Å². The van der Waals surface area contributed by atoms with E-state index in [9.17, 15) is 8.42 Å². The molecule has 1 aliphatic rings. The fourth-order valence-electron chi connectivity index (χ4n) is 2.45. The van der Waals surface area contributed by atoms with E-state index in [-0.39, 0.29) is 17.6 Å².